The number of anilines is 1. The zero-order valence-electron chi connectivity index (χ0n) is 17.0. The highest BCUT2D eigenvalue weighted by Crippen LogP contribution is 2.30. The Bertz CT molecular complexity index is 1050. The molecule has 0 aliphatic heterocycles. The van der Waals surface area contributed by atoms with E-state index in [2.05, 4.69) is 15.3 Å². The number of pyridine rings is 1. The van der Waals surface area contributed by atoms with Crippen molar-refractivity contribution in [2.24, 2.45) is 0 Å². The van der Waals surface area contributed by atoms with Crippen molar-refractivity contribution in [3.05, 3.63) is 53.2 Å². The molecule has 0 saturated carbocycles. The summed E-state index contributed by atoms with van der Waals surface area (Å²) < 4.78 is 15.8. The fraction of sp³-hybridized carbons (Fsp3) is 0.238. The summed E-state index contributed by atoms with van der Waals surface area (Å²) in [6.07, 6.45) is 0.622. The van der Waals surface area contributed by atoms with Gasteiger partial charge in [-0.15, -0.1) is 11.3 Å². The normalized spacial score (nSPS) is 11.5. The Morgan fingerprint density at radius 3 is 2.60 bits per heavy atom. The number of carbonyl (C=O) groups excluding carboxylic acids is 2. The van der Waals surface area contributed by atoms with E-state index in [0.717, 1.165) is 0 Å². The van der Waals surface area contributed by atoms with Crippen molar-refractivity contribution in [2.45, 2.75) is 20.0 Å². The van der Waals surface area contributed by atoms with Crippen LogP contribution in [0.5, 0.6) is 11.5 Å². The Labute approximate surface area is 177 Å². The Hall–Kier alpha value is -3.46. The van der Waals surface area contributed by atoms with Gasteiger partial charge in [-0.25, -0.2) is 9.78 Å². The first kappa shape index (κ1) is 21.3. The molecule has 1 aromatic carbocycles. The SMILES string of the molecule is COc1ccc(OC)c(NC(=O)C(C)OC(=O)c2sc(-c3ccccn3)nc2C)c1. The highest BCUT2D eigenvalue weighted by atomic mass is 32.1. The number of hydrogen-bond acceptors (Lipinski definition) is 8. The highest BCUT2D eigenvalue weighted by molar-refractivity contribution is 7.17. The van der Waals surface area contributed by atoms with Crippen molar-refractivity contribution in [2.75, 3.05) is 19.5 Å². The molecular formula is C21H21N3O5S. The third-order valence-electron chi connectivity index (χ3n) is 4.18. The van der Waals surface area contributed by atoms with E-state index in [-0.39, 0.29) is 0 Å². The lowest BCUT2D eigenvalue weighted by Gasteiger charge is -2.15. The summed E-state index contributed by atoms with van der Waals surface area (Å²) in [6.45, 7) is 3.21. The summed E-state index contributed by atoms with van der Waals surface area (Å²) in [5.41, 5.74) is 1.60. The van der Waals surface area contributed by atoms with E-state index in [9.17, 15) is 9.59 Å². The third kappa shape index (κ3) is 4.74. The Morgan fingerprint density at radius 2 is 1.93 bits per heavy atom. The van der Waals surface area contributed by atoms with E-state index < -0.39 is 18.0 Å². The largest absolute Gasteiger partial charge is 0.497 e. The van der Waals surface area contributed by atoms with E-state index >= 15 is 0 Å². The molecule has 0 radical (unpaired) electrons. The van der Waals surface area contributed by atoms with Crippen LogP contribution in [-0.4, -0.2) is 42.2 Å². The van der Waals surface area contributed by atoms with Crippen LogP contribution in [0, 0.1) is 6.92 Å². The summed E-state index contributed by atoms with van der Waals surface area (Å²) in [5.74, 6) is -0.103. The number of aromatic nitrogens is 2. The molecule has 8 nitrogen and oxygen atoms in total. The van der Waals surface area contributed by atoms with Crippen molar-refractivity contribution in [1.82, 2.24) is 9.97 Å². The first-order chi connectivity index (χ1) is 14.4. The second kappa shape index (κ2) is 9.36. The van der Waals surface area contributed by atoms with Gasteiger partial charge in [-0.2, -0.15) is 0 Å². The van der Waals surface area contributed by atoms with Crippen molar-refractivity contribution in [1.29, 1.82) is 0 Å². The van der Waals surface area contributed by atoms with E-state index in [1.807, 2.05) is 12.1 Å². The molecule has 30 heavy (non-hydrogen) atoms. The first-order valence-electron chi connectivity index (χ1n) is 9.05. The van der Waals surface area contributed by atoms with Gasteiger partial charge in [0.25, 0.3) is 5.91 Å². The maximum Gasteiger partial charge on any atom is 0.351 e. The minimum Gasteiger partial charge on any atom is -0.497 e. The molecule has 0 saturated heterocycles. The maximum atomic E-state index is 12.6. The van der Waals surface area contributed by atoms with Gasteiger partial charge in [0.1, 0.15) is 21.4 Å². The Balaban J connectivity index is 1.70. The molecular weight excluding hydrogens is 406 g/mol. The van der Waals surface area contributed by atoms with Crippen LogP contribution in [0.15, 0.2) is 42.6 Å². The molecule has 3 rings (SSSR count). The zero-order chi connectivity index (χ0) is 21.7. The lowest BCUT2D eigenvalue weighted by molar-refractivity contribution is -0.123. The number of benzene rings is 1. The average molecular weight is 427 g/mol. The monoisotopic (exact) mass is 427 g/mol. The molecule has 0 aliphatic carbocycles. The molecule has 1 atom stereocenters. The van der Waals surface area contributed by atoms with Crippen LogP contribution in [0.2, 0.25) is 0 Å². The second-order valence-electron chi connectivity index (χ2n) is 6.25. The zero-order valence-corrected chi connectivity index (χ0v) is 17.8. The highest BCUT2D eigenvalue weighted by Gasteiger charge is 2.24. The van der Waals surface area contributed by atoms with Gasteiger partial charge in [0.2, 0.25) is 0 Å². The van der Waals surface area contributed by atoms with E-state index in [0.29, 0.717) is 38.5 Å². The average Bonchev–Trinajstić information content (AvgIpc) is 3.16. The number of nitrogens with zero attached hydrogens (tertiary/aromatic N) is 2. The molecule has 1 amide bonds. The summed E-state index contributed by atoms with van der Waals surface area (Å²) in [7, 11) is 3.01. The predicted octanol–water partition coefficient (Wildman–Crippen LogP) is 3.71. The summed E-state index contributed by atoms with van der Waals surface area (Å²) in [5, 5.41) is 3.30. The summed E-state index contributed by atoms with van der Waals surface area (Å²) >= 11 is 1.17. The maximum absolute atomic E-state index is 12.6. The number of nitrogens with one attached hydrogen (secondary N) is 1. The number of thiazole rings is 1. The van der Waals surface area contributed by atoms with Crippen molar-refractivity contribution < 1.29 is 23.8 Å². The van der Waals surface area contributed by atoms with Crippen molar-refractivity contribution >= 4 is 28.9 Å². The van der Waals surface area contributed by atoms with Gasteiger partial charge in [0.05, 0.1) is 31.3 Å². The van der Waals surface area contributed by atoms with Crippen LogP contribution < -0.4 is 14.8 Å². The van der Waals surface area contributed by atoms with Gasteiger partial charge >= 0.3 is 5.97 Å². The minimum atomic E-state index is -1.03. The van der Waals surface area contributed by atoms with Gasteiger partial charge in [-0.05, 0) is 38.1 Å². The molecule has 3 aromatic rings. The van der Waals surface area contributed by atoms with Crippen LogP contribution in [0.3, 0.4) is 0 Å². The number of rotatable bonds is 7. The van der Waals surface area contributed by atoms with E-state index in [1.54, 1.807) is 37.4 Å². The van der Waals surface area contributed by atoms with Crippen LogP contribution in [0.4, 0.5) is 5.69 Å². The summed E-state index contributed by atoms with van der Waals surface area (Å²) in [4.78, 5) is 34.1. The van der Waals surface area contributed by atoms with Crippen LogP contribution in [-0.2, 0) is 9.53 Å². The molecule has 2 heterocycles. The van der Waals surface area contributed by atoms with Gasteiger partial charge in [-0.1, -0.05) is 6.07 Å². The number of amides is 1. The van der Waals surface area contributed by atoms with Crippen LogP contribution in [0.25, 0.3) is 10.7 Å². The lowest BCUT2D eigenvalue weighted by Crippen LogP contribution is -2.30. The van der Waals surface area contributed by atoms with Gasteiger partial charge < -0.3 is 19.5 Å². The van der Waals surface area contributed by atoms with Crippen molar-refractivity contribution in [3.63, 3.8) is 0 Å². The first-order valence-corrected chi connectivity index (χ1v) is 9.87. The minimum absolute atomic E-state index is 0.328. The number of ether oxygens (including phenoxy) is 3. The molecule has 0 bridgehead atoms. The fourth-order valence-corrected chi connectivity index (χ4v) is 3.52. The molecule has 0 aliphatic rings. The molecule has 156 valence electrons. The molecule has 2 aromatic heterocycles. The number of carbonyl (C=O) groups is 2. The third-order valence-corrected chi connectivity index (χ3v) is 5.34. The Kier molecular flexibility index (Phi) is 6.63. The van der Waals surface area contributed by atoms with Gasteiger partial charge in [0.15, 0.2) is 6.10 Å². The van der Waals surface area contributed by atoms with Crippen LogP contribution in [0.1, 0.15) is 22.3 Å². The van der Waals surface area contributed by atoms with Gasteiger partial charge in [-0.3, -0.25) is 9.78 Å². The molecule has 0 spiro atoms. The summed E-state index contributed by atoms with van der Waals surface area (Å²) in [6, 6.07) is 10.5. The molecule has 9 heteroatoms. The molecule has 1 N–H and O–H groups in total. The van der Waals surface area contributed by atoms with E-state index in [1.165, 1.54) is 32.5 Å². The molecule has 1 unspecified atom stereocenters. The number of hydrogen-bond donors (Lipinski definition) is 1. The fourth-order valence-electron chi connectivity index (χ4n) is 2.60. The predicted molar refractivity (Wildman–Crippen MR) is 113 cm³/mol. The molecule has 0 fully saturated rings. The van der Waals surface area contributed by atoms with Crippen molar-refractivity contribution in [3.8, 4) is 22.2 Å². The topological polar surface area (TPSA) is 99.6 Å². The second-order valence-corrected chi connectivity index (χ2v) is 7.25. The quantitative estimate of drug-likeness (QED) is 0.574. The smallest absolute Gasteiger partial charge is 0.351 e. The standard InChI is InChI=1S/C21H21N3O5S/c1-12-18(30-20(23-12)15-7-5-6-10-22-15)21(26)29-13(2)19(25)24-16-11-14(27-3)8-9-17(16)28-4/h5-11,13H,1-4H3,(H,24,25). The number of esters is 1. The van der Waals surface area contributed by atoms with Gasteiger partial charge in [0, 0.05) is 12.3 Å². The Morgan fingerprint density at radius 1 is 1.13 bits per heavy atom. The number of methoxy groups -OCH3 is 2. The van der Waals surface area contributed by atoms with Crippen LogP contribution >= 0.6 is 11.3 Å². The lowest BCUT2D eigenvalue weighted by atomic mass is 10.2. The van der Waals surface area contributed by atoms with E-state index in [4.69, 9.17) is 14.2 Å². The number of aryl methyl sites for hydroxylation is 1.